The van der Waals surface area contributed by atoms with Crippen molar-refractivity contribution >= 4 is 19.9 Å². The smallest absolute Gasteiger partial charge is 0.212 e. The summed E-state index contributed by atoms with van der Waals surface area (Å²) in [7, 11) is -6.64. The summed E-state index contributed by atoms with van der Waals surface area (Å²) in [4.78, 5) is 0. The van der Waals surface area contributed by atoms with Gasteiger partial charge in [-0.2, -0.15) is 0 Å². The molecule has 0 bridgehead atoms. The van der Waals surface area contributed by atoms with Gasteiger partial charge < -0.3 is 5.32 Å². The van der Waals surface area contributed by atoms with Gasteiger partial charge in [0, 0.05) is 5.41 Å². The van der Waals surface area contributed by atoms with E-state index in [1.54, 1.807) is 0 Å². The molecule has 2 heterocycles. The summed E-state index contributed by atoms with van der Waals surface area (Å²) in [5.41, 5.74) is 0. The molecule has 0 aromatic carbocycles. The van der Waals surface area contributed by atoms with E-state index in [1.807, 2.05) is 0 Å². The molecule has 0 aliphatic carbocycles. The van der Waals surface area contributed by atoms with Gasteiger partial charge in [0.05, 0.1) is 17.5 Å². The lowest BCUT2D eigenvalue weighted by atomic mass is 10.0. The van der Waals surface area contributed by atoms with Crippen molar-refractivity contribution in [3.63, 3.8) is 0 Å². The van der Waals surface area contributed by atoms with Crippen molar-refractivity contribution in [1.29, 1.82) is 0 Å². The van der Waals surface area contributed by atoms with Crippen LogP contribution in [0, 0.1) is 5.92 Å². The van der Waals surface area contributed by atoms with E-state index >= 15 is 0 Å². The predicted molar refractivity (Wildman–Crippen MR) is 69.2 cm³/mol. The van der Waals surface area contributed by atoms with Crippen molar-refractivity contribution in [3.8, 4) is 0 Å². The highest BCUT2D eigenvalue weighted by Crippen LogP contribution is 2.14. The van der Waals surface area contributed by atoms with Crippen LogP contribution in [0.4, 0.5) is 0 Å². The number of sulfonamides is 1. The van der Waals surface area contributed by atoms with Crippen molar-refractivity contribution < 1.29 is 16.8 Å². The Labute approximate surface area is 108 Å². The summed E-state index contributed by atoms with van der Waals surface area (Å²) in [5, 5.41) is 4.23. The van der Waals surface area contributed by atoms with Crippen molar-refractivity contribution in [3.05, 3.63) is 11.5 Å². The standard InChI is InChI=1S/C10H18N2O4S2/c13-17(14)5-3-10(8-17)12-18(15,16)7-9-2-1-4-11-6-9/h3,5,9-12H,1-2,4,6-8H2. The first-order valence-corrected chi connectivity index (χ1v) is 9.35. The Morgan fingerprint density at radius 3 is 2.72 bits per heavy atom. The normalized spacial score (nSPS) is 31.6. The van der Waals surface area contributed by atoms with Crippen molar-refractivity contribution in [2.75, 3.05) is 24.6 Å². The fourth-order valence-electron chi connectivity index (χ4n) is 2.30. The number of rotatable bonds is 4. The second-order valence-corrected chi connectivity index (χ2v) is 8.61. The maximum Gasteiger partial charge on any atom is 0.212 e. The third kappa shape index (κ3) is 4.04. The average molecular weight is 294 g/mol. The van der Waals surface area contributed by atoms with E-state index in [0.29, 0.717) is 6.54 Å². The zero-order valence-electron chi connectivity index (χ0n) is 10.0. The molecular weight excluding hydrogens is 276 g/mol. The molecule has 2 atom stereocenters. The molecule has 104 valence electrons. The molecule has 1 fully saturated rings. The Bertz CT molecular complexity index is 518. The van der Waals surface area contributed by atoms with Gasteiger partial charge in [-0.1, -0.05) is 6.08 Å². The summed E-state index contributed by atoms with van der Waals surface area (Å²) in [6, 6.07) is -0.614. The molecule has 2 aliphatic heterocycles. The number of hydrogen-bond donors (Lipinski definition) is 2. The first-order valence-electron chi connectivity index (χ1n) is 5.98. The predicted octanol–water partition coefficient (Wildman–Crippen LogP) is -0.784. The van der Waals surface area contributed by atoms with Crippen LogP contribution in [-0.4, -0.2) is 47.5 Å². The molecule has 18 heavy (non-hydrogen) atoms. The van der Waals surface area contributed by atoms with Crippen molar-refractivity contribution in [2.45, 2.75) is 18.9 Å². The van der Waals surface area contributed by atoms with Crippen molar-refractivity contribution in [1.82, 2.24) is 10.0 Å². The number of nitrogens with one attached hydrogen (secondary N) is 2. The lowest BCUT2D eigenvalue weighted by Gasteiger charge is -2.23. The quantitative estimate of drug-likeness (QED) is 0.709. The molecule has 0 aromatic heterocycles. The molecule has 0 saturated carbocycles. The van der Waals surface area contributed by atoms with E-state index in [9.17, 15) is 16.8 Å². The Morgan fingerprint density at radius 2 is 2.17 bits per heavy atom. The number of piperidine rings is 1. The molecule has 6 nitrogen and oxygen atoms in total. The maximum absolute atomic E-state index is 11.9. The van der Waals surface area contributed by atoms with Gasteiger partial charge in [0.1, 0.15) is 0 Å². The van der Waals surface area contributed by atoms with Gasteiger partial charge in [0.15, 0.2) is 9.84 Å². The molecule has 2 unspecified atom stereocenters. The average Bonchev–Trinajstić information content (AvgIpc) is 2.57. The highest BCUT2D eigenvalue weighted by Gasteiger charge is 2.27. The minimum atomic E-state index is -3.42. The zero-order chi connectivity index (χ0) is 13.2. The lowest BCUT2D eigenvalue weighted by molar-refractivity contribution is 0.402. The minimum absolute atomic E-state index is 0.0599. The third-order valence-electron chi connectivity index (χ3n) is 3.12. The molecule has 0 aromatic rings. The number of hydrogen-bond acceptors (Lipinski definition) is 5. The second-order valence-electron chi connectivity index (χ2n) is 4.88. The number of sulfone groups is 1. The Morgan fingerprint density at radius 1 is 1.39 bits per heavy atom. The van der Waals surface area contributed by atoms with Crippen LogP contribution < -0.4 is 10.0 Å². The van der Waals surface area contributed by atoms with Gasteiger partial charge >= 0.3 is 0 Å². The topological polar surface area (TPSA) is 92.3 Å². The molecule has 0 radical (unpaired) electrons. The molecule has 0 amide bonds. The summed E-state index contributed by atoms with van der Waals surface area (Å²) < 4.78 is 48.6. The maximum atomic E-state index is 11.9. The third-order valence-corrected chi connectivity index (χ3v) is 6.08. The van der Waals surface area contributed by atoms with E-state index in [2.05, 4.69) is 10.0 Å². The second kappa shape index (κ2) is 5.28. The van der Waals surface area contributed by atoms with Crippen LogP contribution in [0.25, 0.3) is 0 Å². The van der Waals surface area contributed by atoms with E-state index in [0.717, 1.165) is 24.8 Å². The zero-order valence-corrected chi connectivity index (χ0v) is 11.6. The fourth-order valence-corrected chi connectivity index (χ4v) is 5.27. The highest BCUT2D eigenvalue weighted by molar-refractivity contribution is 7.94. The molecule has 1 saturated heterocycles. The monoisotopic (exact) mass is 294 g/mol. The largest absolute Gasteiger partial charge is 0.316 e. The van der Waals surface area contributed by atoms with Gasteiger partial charge in [-0.3, -0.25) is 0 Å². The molecule has 2 aliphatic rings. The Balaban J connectivity index is 1.90. The van der Waals surface area contributed by atoms with Crippen LogP contribution in [0.5, 0.6) is 0 Å². The molecule has 2 N–H and O–H groups in total. The molecule has 0 spiro atoms. The Kier molecular flexibility index (Phi) is 4.10. The van der Waals surface area contributed by atoms with Gasteiger partial charge in [0.25, 0.3) is 0 Å². The SMILES string of the molecule is O=S1(=O)C=CC(NS(=O)(=O)CC2CCCNC2)C1. The van der Waals surface area contributed by atoms with Gasteiger partial charge in [-0.05, 0) is 31.8 Å². The van der Waals surface area contributed by atoms with Crippen LogP contribution in [0.15, 0.2) is 11.5 Å². The van der Waals surface area contributed by atoms with E-state index < -0.39 is 25.9 Å². The van der Waals surface area contributed by atoms with E-state index in [1.165, 1.54) is 6.08 Å². The fraction of sp³-hybridized carbons (Fsp3) is 0.800. The van der Waals surface area contributed by atoms with Gasteiger partial charge in [-0.25, -0.2) is 21.6 Å². The summed E-state index contributed by atoms with van der Waals surface area (Å²) in [6.45, 7) is 1.65. The molecular formula is C10H18N2O4S2. The van der Waals surface area contributed by atoms with Crippen molar-refractivity contribution in [2.24, 2.45) is 5.92 Å². The Hall–Kier alpha value is -0.440. The van der Waals surface area contributed by atoms with Crippen LogP contribution in [0.1, 0.15) is 12.8 Å². The van der Waals surface area contributed by atoms with Gasteiger partial charge in [0.2, 0.25) is 10.0 Å². The minimum Gasteiger partial charge on any atom is -0.316 e. The van der Waals surface area contributed by atoms with Crippen LogP contribution in [-0.2, 0) is 19.9 Å². The first kappa shape index (κ1) is 14.0. The highest BCUT2D eigenvalue weighted by atomic mass is 32.2. The summed E-state index contributed by atoms with van der Waals surface area (Å²) >= 11 is 0. The first-order chi connectivity index (χ1) is 8.36. The molecule has 2 rings (SSSR count). The summed E-state index contributed by atoms with van der Waals surface area (Å²) in [5.74, 6) is -0.00209. The summed E-state index contributed by atoms with van der Waals surface area (Å²) in [6.07, 6.45) is 3.27. The van der Waals surface area contributed by atoms with Crippen LogP contribution in [0.3, 0.4) is 0 Å². The van der Waals surface area contributed by atoms with E-state index in [-0.39, 0.29) is 17.4 Å². The van der Waals surface area contributed by atoms with Gasteiger partial charge in [-0.15, -0.1) is 0 Å². The lowest BCUT2D eigenvalue weighted by Crippen LogP contribution is -2.41. The van der Waals surface area contributed by atoms with E-state index in [4.69, 9.17) is 0 Å². The van der Waals surface area contributed by atoms with Crippen LogP contribution >= 0.6 is 0 Å². The van der Waals surface area contributed by atoms with Crippen LogP contribution in [0.2, 0.25) is 0 Å². The molecule has 8 heteroatoms.